The van der Waals surface area contributed by atoms with Gasteiger partial charge in [-0.15, -0.1) is 0 Å². The highest BCUT2D eigenvalue weighted by molar-refractivity contribution is 9.10. The van der Waals surface area contributed by atoms with Crippen LogP contribution in [-0.2, 0) is 10.0 Å². The summed E-state index contributed by atoms with van der Waals surface area (Å²) in [6.45, 7) is 0. The molecule has 0 saturated carbocycles. The Balaban J connectivity index is 2.29. The van der Waals surface area contributed by atoms with E-state index in [1.54, 1.807) is 55.6 Å². The van der Waals surface area contributed by atoms with Gasteiger partial charge in [0.2, 0.25) is 0 Å². The zero-order valence-electron chi connectivity index (χ0n) is 10.1. The number of anilines is 1. The van der Waals surface area contributed by atoms with Crippen LogP contribution in [0.1, 0.15) is 0 Å². The molecule has 0 radical (unpaired) electrons. The first-order valence-corrected chi connectivity index (χ1v) is 7.72. The van der Waals surface area contributed by atoms with Crippen molar-refractivity contribution in [3.63, 3.8) is 0 Å². The van der Waals surface area contributed by atoms with Crippen LogP contribution in [0, 0.1) is 0 Å². The van der Waals surface area contributed by atoms with Gasteiger partial charge in [0.05, 0.1) is 22.2 Å². The third-order valence-electron chi connectivity index (χ3n) is 2.46. The Bertz CT molecular complexity index is 672. The molecule has 0 aromatic heterocycles. The summed E-state index contributed by atoms with van der Waals surface area (Å²) >= 11 is 3.31. The lowest BCUT2D eigenvalue weighted by molar-refractivity contribution is 0.412. The molecule has 0 aliphatic heterocycles. The summed E-state index contributed by atoms with van der Waals surface area (Å²) in [5.74, 6) is 0.641. The van der Waals surface area contributed by atoms with Crippen molar-refractivity contribution in [2.75, 3.05) is 11.8 Å². The van der Waals surface area contributed by atoms with Crippen LogP contribution in [0.15, 0.2) is 57.9 Å². The minimum atomic E-state index is -3.56. The molecule has 0 atom stereocenters. The Hall–Kier alpha value is -1.53. The quantitative estimate of drug-likeness (QED) is 0.928. The standard InChI is InChI=1S/C13H12BrNO3S/c1-18-13-8-7-10(9-12(13)14)15-19(16,17)11-5-3-2-4-6-11/h2-9,15H,1H3. The molecule has 19 heavy (non-hydrogen) atoms. The summed E-state index contributed by atoms with van der Waals surface area (Å²) in [7, 11) is -2.01. The number of rotatable bonds is 4. The Labute approximate surface area is 120 Å². The van der Waals surface area contributed by atoms with Gasteiger partial charge in [-0.05, 0) is 46.3 Å². The third-order valence-corrected chi connectivity index (χ3v) is 4.47. The van der Waals surface area contributed by atoms with Crippen molar-refractivity contribution in [2.24, 2.45) is 0 Å². The molecule has 6 heteroatoms. The predicted molar refractivity (Wildman–Crippen MR) is 77.9 cm³/mol. The lowest BCUT2D eigenvalue weighted by atomic mass is 10.3. The Morgan fingerprint density at radius 2 is 1.79 bits per heavy atom. The molecule has 1 N–H and O–H groups in total. The number of hydrogen-bond donors (Lipinski definition) is 1. The molecule has 0 bridgehead atoms. The van der Waals surface area contributed by atoms with Gasteiger partial charge in [0.15, 0.2) is 0 Å². The molecule has 2 aromatic carbocycles. The van der Waals surface area contributed by atoms with E-state index in [1.165, 1.54) is 0 Å². The van der Waals surface area contributed by atoms with E-state index in [1.807, 2.05) is 0 Å². The summed E-state index contributed by atoms with van der Waals surface area (Å²) in [5, 5.41) is 0. The largest absolute Gasteiger partial charge is 0.496 e. The first kappa shape index (κ1) is 13.9. The van der Waals surface area contributed by atoms with Gasteiger partial charge in [-0.1, -0.05) is 18.2 Å². The molecule has 0 aliphatic rings. The highest BCUT2D eigenvalue weighted by Crippen LogP contribution is 2.28. The van der Waals surface area contributed by atoms with Gasteiger partial charge in [0.25, 0.3) is 10.0 Å². The number of benzene rings is 2. The van der Waals surface area contributed by atoms with E-state index in [9.17, 15) is 8.42 Å². The zero-order valence-corrected chi connectivity index (χ0v) is 12.5. The Morgan fingerprint density at radius 1 is 1.11 bits per heavy atom. The Kier molecular flexibility index (Phi) is 4.11. The van der Waals surface area contributed by atoms with Gasteiger partial charge >= 0.3 is 0 Å². The summed E-state index contributed by atoms with van der Waals surface area (Å²) in [6.07, 6.45) is 0. The van der Waals surface area contributed by atoms with E-state index in [4.69, 9.17) is 4.74 Å². The van der Waals surface area contributed by atoms with Crippen LogP contribution in [0.25, 0.3) is 0 Å². The van der Waals surface area contributed by atoms with Gasteiger partial charge in [-0.25, -0.2) is 8.42 Å². The van der Waals surface area contributed by atoms with E-state index in [0.29, 0.717) is 15.9 Å². The van der Waals surface area contributed by atoms with Crippen LogP contribution in [0.3, 0.4) is 0 Å². The fourth-order valence-corrected chi connectivity index (χ4v) is 3.15. The first-order valence-electron chi connectivity index (χ1n) is 5.44. The zero-order chi connectivity index (χ0) is 13.9. The van der Waals surface area contributed by atoms with Crippen LogP contribution in [0.5, 0.6) is 5.75 Å². The fraction of sp³-hybridized carbons (Fsp3) is 0.0769. The lowest BCUT2D eigenvalue weighted by Gasteiger charge is -2.10. The number of hydrogen-bond acceptors (Lipinski definition) is 3. The number of nitrogens with one attached hydrogen (secondary N) is 1. The average Bonchev–Trinajstić information content (AvgIpc) is 2.39. The van der Waals surface area contributed by atoms with Gasteiger partial charge in [0, 0.05) is 0 Å². The van der Waals surface area contributed by atoms with E-state index < -0.39 is 10.0 Å². The second-order valence-electron chi connectivity index (χ2n) is 3.77. The number of methoxy groups -OCH3 is 1. The van der Waals surface area contributed by atoms with Crippen molar-refractivity contribution < 1.29 is 13.2 Å². The average molecular weight is 342 g/mol. The van der Waals surface area contributed by atoms with Gasteiger partial charge in [-0.3, -0.25) is 4.72 Å². The Morgan fingerprint density at radius 3 is 2.37 bits per heavy atom. The smallest absolute Gasteiger partial charge is 0.261 e. The normalized spacial score (nSPS) is 11.1. The van der Waals surface area contributed by atoms with Crippen LogP contribution in [-0.4, -0.2) is 15.5 Å². The third kappa shape index (κ3) is 3.27. The van der Waals surface area contributed by atoms with Crippen LogP contribution >= 0.6 is 15.9 Å². The first-order chi connectivity index (χ1) is 9.03. The van der Waals surface area contributed by atoms with Crippen molar-refractivity contribution in [1.29, 1.82) is 0 Å². The maximum atomic E-state index is 12.1. The number of ether oxygens (including phenoxy) is 1. The summed E-state index contributed by atoms with van der Waals surface area (Å²) in [6, 6.07) is 13.2. The predicted octanol–water partition coefficient (Wildman–Crippen LogP) is 3.26. The molecule has 0 amide bonds. The monoisotopic (exact) mass is 341 g/mol. The van der Waals surface area contributed by atoms with E-state index in [0.717, 1.165) is 0 Å². The second kappa shape index (κ2) is 5.63. The van der Waals surface area contributed by atoms with E-state index in [2.05, 4.69) is 20.7 Å². The molecule has 100 valence electrons. The van der Waals surface area contributed by atoms with Gasteiger partial charge < -0.3 is 4.74 Å². The molecular formula is C13H12BrNO3S. The minimum Gasteiger partial charge on any atom is -0.496 e. The van der Waals surface area contributed by atoms with E-state index >= 15 is 0 Å². The van der Waals surface area contributed by atoms with Crippen LogP contribution in [0.2, 0.25) is 0 Å². The number of sulfonamides is 1. The number of halogens is 1. The van der Waals surface area contributed by atoms with Crippen LogP contribution < -0.4 is 9.46 Å². The summed E-state index contributed by atoms with van der Waals surface area (Å²) < 4.78 is 32.5. The van der Waals surface area contributed by atoms with Crippen molar-refractivity contribution in [1.82, 2.24) is 0 Å². The van der Waals surface area contributed by atoms with Crippen molar-refractivity contribution in [3.05, 3.63) is 53.0 Å². The van der Waals surface area contributed by atoms with Gasteiger partial charge in [-0.2, -0.15) is 0 Å². The molecule has 0 aliphatic carbocycles. The SMILES string of the molecule is COc1ccc(NS(=O)(=O)c2ccccc2)cc1Br. The maximum absolute atomic E-state index is 12.1. The van der Waals surface area contributed by atoms with Crippen molar-refractivity contribution >= 4 is 31.6 Å². The van der Waals surface area contributed by atoms with Crippen molar-refractivity contribution in [3.8, 4) is 5.75 Å². The summed E-state index contributed by atoms with van der Waals surface area (Å²) in [4.78, 5) is 0.224. The second-order valence-corrected chi connectivity index (χ2v) is 6.30. The summed E-state index contributed by atoms with van der Waals surface area (Å²) in [5.41, 5.74) is 0.469. The molecule has 2 aromatic rings. The lowest BCUT2D eigenvalue weighted by Crippen LogP contribution is -2.12. The molecule has 0 heterocycles. The highest BCUT2D eigenvalue weighted by Gasteiger charge is 2.14. The molecule has 0 saturated heterocycles. The topological polar surface area (TPSA) is 55.4 Å². The molecule has 0 spiro atoms. The molecule has 0 fully saturated rings. The minimum absolute atomic E-state index is 0.224. The fourth-order valence-electron chi connectivity index (χ4n) is 1.54. The molecule has 0 unspecified atom stereocenters. The molecule has 4 nitrogen and oxygen atoms in total. The highest BCUT2D eigenvalue weighted by atomic mass is 79.9. The molecular weight excluding hydrogens is 330 g/mol. The van der Waals surface area contributed by atoms with E-state index in [-0.39, 0.29) is 4.90 Å². The van der Waals surface area contributed by atoms with Gasteiger partial charge in [0.1, 0.15) is 5.75 Å². The molecule has 2 rings (SSSR count). The maximum Gasteiger partial charge on any atom is 0.261 e. The van der Waals surface area contributed by atoms with Crippen molar-refractivity contribution in [2.45, 2.75) is 4.90 Å². The van der Waals surface area contributed by atoms with Crippen LogP contribution in [0.4, 0.5) is 5.69 Å².